The SMILES string of the molecule is CCOc1cc(/C=C/C(=O)Nc2ccc3nc(C)sc3c2)ccc1OC. The molecule has 1 amide bonds. The zero-order valence-electron chi connectivity index (χ0n) is 14.9. The molecule has 5 nitrogen and oxygen atoms in total. The third-order valence-electron chi connectivity index (χ3n) is 3.68. The molecule has 1 heterocycles. The van der Waals surface area contributed by atoms with E-state index < -0.39 is 0 Å². The summed E-state index contributed by atoms with van der Waals surface area (Å²) in [7, 11) is 1.60. The van der Waals surface area contributed by atoms with E-state index in [1.165, 1.54) is 6.08 Å². The van der Waals surface area contributed by atoms with Crippen LogP contribution in [0.4, 0.5) is 5.69 Å². The number of carbonyl (C=O) groups is 1. The molecular weight excluding hydrogens is 348 g/mol. The molecule has 0 unspecified atom stereocenters. The molecule has 0 saturated heterocycles. The molecule has 6 heteroatoms. The molecule has 134 valence electrons. The summed E-state index contributed by atoms with van der Waals surface area (Å²) in [5, 5.41) is 3.88. The van der Waals surface area contributed by atoms with Gasteiger partial charge in [-0.25, -0.2) is 4.98 Å². The molecule has 0 radical (unpaired) electrons. The Morgan fingerprint density at radius 1 is 1.23 bits per heavy atom. The summed E-state index contributed by atoms with van der Waals surface area (Å²) in [6.45, 7) is 4.43. The highest BCUT2D eigenvalue weighted by Crippen LogP contribution is 2.28. The number of aryl methyl sites for hydroxylation is 1. The van der Waals surface area contributed by atoms with Crippen molar-refractivity contribution in [1.29, 1.82) is 0 Å². The Hall–Kier alpha value is -2.86. The van der Waals surface area contributed by atoms with Gasteiger partial charge in [-0.2, -0.15) is 0 Å². The van der Waals surface area contributed by atoms with Crippen LogP contribution in [0.5, 0.6) is 11.5 Å². The molecular formula is C20H20N2O3S. The fourth-order valence-corrected chi connectivity index (χ4v) is 3.41. The first-order chi connectivity index (χ1) is 12.6. The Labute approximate surface area is 156 Å². The van der Waals surface area contributed by atoms with E-state index in [9.17, 15) is 4.79 Å². The Kier molecular flexibility index (Phi) is 5.53. The van der Waals surface area contributed by atoms with Crippen LogP contribution in [-0.2, 0) is 4.79 Å². The molecule has 0 bridgehead atoms. The smallest absolute Gasteiger partial charge is 0.248 e. The summed E-state index contributed by atoms with van der Waals surface area (Å²) in [6, 6.07) is 11.2. The van der Waals surface area contributed by atoms with Crippen molar-refractivity contribution in [2.24, 2.45) is 0 Å². The molecule has 0 fully saturated rings. The van der Waals surface area contributed by atoms with Gasteiger partial charge in [-0.1, -0.05) is 6.07 Å². The average Bonchev–Trinajstić information content (AvgIpc) is 3.00. The van der Waals surface area contributed by atoms with Crippen LogP contribution in [0.2, 0.25) is 0 Å². The second kappa shape index (κ2) is 8.01. The zero-order valence-corrected chi connectivity index (χ0v) is 15.7. The van der Waals surface area contributed by atoms with E-state index in [1.54, 1.807) is 24.5 Å². The summed E-state index contributed by atoms with van der Waals surface area (Å²) in [4.78, 5) is 16.6. The highest BCUT2D eigenvalue weighted by Gasteiger charge is 2.05. The lowest BCUT2D eigenvalue weighted by Gasteiger charge is -2.09. The van der Waals surface area contributed by atoms with E-state index in [0.29, 0.717) is 18.1 Å². The van der Waals surface area contributed by atoms with Crippen molar-refractivity contribution >= 4 is 39.2 Å². The average molecular weight is 368 g/mol. The monoisotopic (exact) mass is 368 g/mol. The van der Waals surface area contributed by atoms with Gasteiger partial charge >= 0.3 is 0 Å². The lowest BCUT2D eigenvalue weighted by molar-refractivity contribution is -0.111. The Morgan fingerprint density at radius 3 is 2.85 bits per heavy atom. The first kappa shape index (κ1) is 17.9. The standard InChI is InChI=1S/C20H20N2O3S/c1-4-25-18-11-14(5-9-17(18)24-3)6-10-20(23)22-15-7-8-16-19(12-15)26-13(2)21-16/h5-12H,4H2,1-3H3,(H,22,23)/b10-6+. The maximum Gasteiger partial charge on any atom is 0.248 e. The maximum atomic E-state index is 12.2. The van der Waals surface area contributed by atoms with Crippen molar-refractivity contribution in [3.05, 3.63) is 53.0 Å². The van der Waals surface area contributed by atoms with Gasteiger partial charge in [-0.15, -0.1) is 11.3 Å². The molecule has 0 aliphatic heterocycles. The Balaban J connectivity index is 1.71. The fraction of sp³-hybridized carbons (Fsp3) is 0.200. The molecule has 2 aromatic carbocycles. The number of anilines is 1. The van der Waals surface area contributed by atoms with E-state index in [0.717, 1.165) is 26.5 Å². The van der Waals surface area contributed by atoms with Crippen LogP contribution in [0.3, 0.4) is 0 Å². The van der Waals surface area contributed by atoms with Gasteiger partial charge in [-0.3, -0.25) is 4.79 Å². The van der Waals surface area contributed by atoms with Crippen LogP contribution in [-0.4, -0.2) is 24.6 Å². The lowest BCUT2D eigenvalue weighted by atomic mass is 10.2. The summed E-state index contributed by atoms with van der Waals surface area (Å²) < 4.78 is 11.9. The number of hydrogen-bond acceptors (Lipinski definition) is 5. The number of aromatic nitrogens is 1. The number of thiazole rings is 1. The van der Waals surface area contributed by atoms with Gasteiger partial charge in [0.05, 0.1) is 28.9 Å². The molecule has 0 aliphatic rings. The minimum absolute atomic E-state index is 0.195. The van der Waals surface area contributed by atoms with Crippen molar-refractivity contribution in [3.8, 4) is 11.5 Å². The van der Waals surface area contributed by atoms with Gasteiger partial charge in [0.15, 0.2) is 11.5 Å². The highest BCUT2D eigenvalue weighted by atomic mass is 32.1. The first-order valence-electron chi connectivity index (χ1n) is 8.26. The summed E-state index contributed by atoms with van der Waals surface area (Å²) >= 11 is 1.61. The Bertz CT molecular complexity index is 963. The summed E-state index contributed by atoms with van der Waals surface area (Å²) in [6.07, 6.45) is 3.24. The van der Waals surface area contributed by atoms with Crippen LogP contribution in [0.25, 0.3) is 16.3 Å². The largest absolute Gasteiger partial charge is 0.493 e. The second-order valence-corrected chi connectivity index (χ2v) is 6.82. The topological polar surface area (TPSA) is 60.5 Å². The minimum Gasteiger partial charge on any atom is -0.493 e. The molecule has 0 atom stereocenters. The van der Waals surface area contributed by atoms with Crippen LogP contribution < -0.4 is 14.8 Å². The van der Waals surface area contributed by atoms with Gasteiger partial charge in [0.25, 0.3) is 0 Å². The predicted molar refractivity (Wildman–Crippen MR) is 106 cm³/mol. The fourth-order valence-electron chi connectivity index (χ4n) is 2.54. The molecule has 3 rings (SSSR count). The number of fused-ring (bicyclic) bond motifs is 1. The first-order valence-corrected chi connectivity index (χ1v) is 9.08. The molecule has 0 aliphatic carbocycles. The van der Waals surface area contributed by atoms with Gasteiger partial charge in [-0.05, 0) is 55.8 Å². The van der Waals surface area contributed by atoms with E-state index in [2.05, 4.69) is 10.3 Å². The lowest BCUT2D eigenvalue weighted by Crippen LogP contribution is -2.07. The summed E-state index contributed by atoms with van der Waals surface area (Å²) in [5.41, 5.74) is 2.56. The van der Waals surface area contributed by atoms with E-state index >= 15 is 0 Å². The molecule has 1 aromatic heterocycles. The number of rotatable bonds is 6. The van der Waals surface area contributed by atoms with Gasteiger partial charge in [0, 0.05) is 11.8 Å². The van der Waals surface area contributed by atoms with E-state index in [-0.39, 0.29) is 5.91 Å². The van der Waals surface area contributed by atoms with Gasteiger partial charge < -0.3 is 14.8 Å². The van der Waals surface area contributed by atoms with Crippen molar-refractivity contribution in [2.45, 2.75) is 13.8 Å². The van der Waals surface area contributed by atoms with Crippen molar-refractivity contribution in [1.82, 2.24) is 4.98 Å². The summed E-state index contributed by atoms with van der Waals surface area (Å²) in [5.74, 6) is 1.13. The normalized spacial score (nSPS) is 11.0. The molecule has 26 heavy (non-hydrogen) atoms. The Morgan fingerprint density at radius 2 is 2.08 bits per heavy atom. The number of nitrogens with zero attached hydrogens (tertiary/aromatic N) is 1. The van der Waals surface area contributed by atoms with Crippen molar-refractivity contribution in [3.63, 3.8) is 0 Å². The number of methoxy groups -OCH3 is 1. The quantitative estimate of drug-likeness (QED) is 0.643. The third kappa shape index (κ3) is 4.21. The van der Waals surface area contributed by atoms with Gasteiger partial charge in [0.2, 0.25) is 5.91 Å². The number of hydrogen-bond donors (Lipinski definition) is 1. The molecule has 3 aromatic rings. The number of amides is 1. The predicted octanol–water partition coefficient (Wildman–Crippen LogP) is 4.66. The number of ether oxygens (including phenoxy) is 2. The van der Waals surface area contributed by atoms with Crippen molar-refractivity contribution < 1.29 is 14.3 Å². The van der Waals surface area contributed by atoms with Crippen LogP contribution >= 0.6 is 11.3 Å². The molecule has 1 N–H and O–H groups in total. The van der Waals surface area contributed by atoms with Gasteiger partial charge in [0.1, 0.15) is 0 Å². The highest BCUT2D eigenvalue weighted by molar-refractivity contribution is 7.18. The minimum atomic E-state index is -0.195. The molecule has 0 saturated carbocycles. The number of carbonyl (C=O) groups excluding carboxylic acids is 1. The van der Waals surface area contributed by atoms with E-state index in [4.69, 9.17) is 9.47 Å². The van der Waals surface area contributed by atoms with Crippen molar-refractivity contribution in [2.75, 3.05) is 19.0 Å². The van der Waals surface area contributed by atoms with E-state index in [1.807, 2.05) is 50.2 Å². The number of nitrogens with one attached hydrogen (secondary N) is 1. The maximum absolute atomic E-state index is 12.2. The number of benzene rings is 2. The van der Waals surface area contributed by atoms with Crippen LogP contribution in [0.15, 0.2) is 42.5 Å². The van der Waals surface area contributed by atoms with Crippen LogP contribution in [0.1, 0.15) is 17.5 Å². The third-order valence-corrected chi connectivity index (χ3v) is 4.61. The molecule has 0 spiro atoms. The zero-order chi connectivity index (χ0) is 18.5. The second-order valence-electron chi connectivity index (χ2n) is 5.58. The van der Waals surface area contributed by atoms with Crippen LogP contribution in [0, 0.1) is 6.92 Å².